The fourth-order valence-electron chi connectivity index (χ4n) is 0.924. The van der Waals surface area contributed by atoms with Crippen LogP contribution in [0, 0.1) is 0 Å². The second-order valence-electron chi connectivity index (χ2n) is 2.86. The molecule has 8 N–H and O–H groups in total. The minimum atomic E-state index is -0.641. The second kappa shape index (κ2) is 5.05. The third-order valence-electron chi connectivity index (χ3n) is 1.51. The Morgan fingerprint density at radius 2 is 1.21 bits per heavy atom. The van der Waals surface area contributed by atoms with Crippen LogP contribution < -0.4 is 22.9 Å². The first-order valence-electron chi connectivity index (χ1n) is 4.05. The number of hydrogen-bond acceptors (Lipinski definition) is 3. The molecule has 0 fully saturated rings. The monoisotopic (exact) mass is 200 g/mol. The molecule has 7 nitrogen and oxygen atoms in total. The highest BCUT2D eigenvalue weighted by Gasteiger charge is 2.18. The maximum absolute atomic E-state index is 11.5. The van der Waals surface area contributed by atoms with Gasteiger partial charge < -0.3 is 22.9 Å². The first-order valence-corrected chi connectivity index (χ1v) is 4.05. The summed E-state index contributed by atoms with van der Waals surface area (Å²) < 4.78 is 0. The van der Waals surface area contributed by atoms with E-state index in [4.69, 9.17) is 22.9 Å². The number of Topliss-reactive ketones (excluding diaryl/α,β-unsaturated/α-hetero) is 1. The van der Waals surface area contributed by atoms with Crippen LogP contribution in [-0.4, -0.2) is 29.8 Å². The van der Waals surface area contributed by atoms with Gasteiger partial charge in [0.05, 0.1) is 0 Å². The van der Waals surface area contributed by atoms with Gasteiger partial charge in [0.1, 0.15) is 12.1 Å². The molecule has 2 unspecified atom stereocenters. The summed E-state index contributed by atoms with van der Waals surface area (Å²) in [5.41, 5.74) is 20.5. The Balaban J connectivity index is 4.48. The first-order chi connectivity index (χ1) is 6.34. The summed E-state index contributed by atoms with van der Waals surface area (Å²) >= 11 is 0. The molecule has 2 atom stereocenters. The zero-order chi connectivity index (χ0) is 11.3. The summed E-state index contributed by atoms with van der Waals surface area (Å²) in [5.74, 6) is -0.516. The third-order valence-corrected chi connectivity index (χ3v) is 1.51. The van der Waals surface area contributed by atoms with Gasteiger partial charge >= 0.3 is 0 Å². The summed E-state index contributed by atoms with van der Waals surface area (Å²) in [6.07, 6.45) is 0. The molecule has 7 heteroatoms. The summed E-state index contributed by atoms with van der Waals surface area (Å²) in [6, 6.07) is -1.28. The lowest BCUT2D eigenvalue weighted by Crippen LogP contribution is -2.33. The minimum Gasteiger partial charge on any atom is -0.370 e. The topological polar surface area (TPSA) is 146 Å². The normalized spacial score (nSPS) is 13.9. The molecule has 0 aromatic carbocycles. The molecule has 80 valence electrons. The van der Waals surface area contributed by atoms with Crippen molar-refractivity contribution in [1.82, 2.24) is 0 Å². The maximum atomic E-state index is 11.5. The van der Waals surface area contributed by atoms with E-state index in [9.17, 15) is 4.79 Å². The molecule has 0 aromatic rings. The molecule has 0 heterocycles. The van der Waals surface area contributed by atoms with E-state index in [0.29, 0.717) is 0 Å². The van der Waals surface area contributed by atoms with Gasteiger partial charge in [-0.2, -0.15) is 0 Å². The molecule has 0 bridgehead atoms. The average Bonchev–Trinajstić information content (AvgIpc) is 2.00. The number of guanidine groups is 2. The van der Waals surface area contributed by atoms with E-state index in [1.54, 1.807) is 13.8 Å². The fourth-order valence-corrected chi connectivity index (χ4v) is 0.924. The van der Waals surface area contributed by atoms with Crippen LogP contribution in [0.2, 0.25) is 0 Å². The summed E-state index contributed by atoms with van der Waals surface area (Å²) in [7, 11) is 0. The van der Waals surface area contributed by atoms with Crippen molar-refractivity contribution in [2.45, 2.75) is 25.9 Å². The Labute approximate surface area is 82.2 Å². The van der Waals surface area contributed by atoms with Crippen molar-refractivity contribution in [1.29, 1.82) is 0 Å². The van der Waals surface area contributed by atoms with Crippen LogP contribution in [0.5, 0.6) is 0 Å². The SMILES string of the molecule is CC(N=C(N)N)C(=O)C(C)N=C(N)N. The molecule has 0 radical (unpaired) electrons. The van der Waals surface area contributed by atoms with Crippen molar-refractivity contribution >= 4 is 17.7 Å². The van der Waals surface area contributed by atoms with Crippen LogP contribution in [0.25, 0.3) is 0 Å². The number of hydrogen-bond donors (Lipinski definition) is 4. The zero-order valence-corrected chi connectivity index (χ0v) is 8.27. The van der Waals surface area contributed by atoms with E-state index < -0.39 is 12.1 Å². The Morgan fingerprint density at radius 3 is 1.43 bits per heavy atom. The smallest absolute Gasteiger partial charge is 0.186 e. The molecule has 0 saturated heterocycles. The van der Waals surface area contributed by atoms with Crippen molar-refractivity contribution in [2.24, 2.45) is 32.9 Å². The standard InChI is InChI=1S/C7H16N6O/c1-3(12-6(8)9)5(14)4(2)13-7(10)11/h3-4H,1-2H3,(H4,8,9,12)(H4,10,11,13). The van der Waals surface area contributed by atoms with Crippen LogP contribution >= 0.6 is 0 Å². The van der Waals surface area contributed by atoms with Crippen LogP contribution in [0.15, 0.2) is 9.98 Å². The molecule has 0 saturated carbocycles. The van der Waals surface area contributed by atoms with Crippen LogP contribution in [0.1, 0.15) is 13.8 Å². The fraction of sp³-hybridized carbons (Fsp3) is 0.571. The Hall–Kier alpha value is -1.79. The number of ketones is 1. The molecule has 0 rings (SSSR count). The second-order valence-corrected chi connectivity index (χ2v) is 2.86. The van der Waals surface area contributed by atoms with E-state index in [-0.39, 0.29) is 17.7 Å². The number of nitrogens with zero attached hydrogens (tertiary/aromatic N) is 2. The van der Waals surface area contributed by atoms with Gasteiger partial charge in [-0.25, -0.2) is 9.98 Å². The predicted molar refractivity (Wildman–Crippen MR) is 55.6 cm³/mol. The van der Waals surface area contributed by atoms with Crippen molar-refractivity contribution in [3.63, 3.8) is 0 Å². The van der Waals surface area contributed by atoms with Crippen molar-refractivity contribution in [3.8, 4) is 0 Å². The third kappa shape index (κ3) is 4.29. The average molecular weight is 200 g/mol. The Bertz CT molecular complexity index is 237. The quantitative estimate of drug-likeness (QED) is 0.302. The van der Waals surface area contributed by atoms with Gasteiger partial charge in [-0.15, -0.1) is 0 Å². The Kier molecular flexibility index (Phi) is 4.41. The van der Waals surface area contributed by atoms with Crippen LogP contribution in [0.4, 0.5) is 0 Å². The summed E-state index contributed by atoms with van der Waals surface area (Å²) in [4.78, 5) is 18.8. The zero-order valence-electron chi connectivity index (χ0n) is 8.27. The molecule has 0 amide bonds. The van der Waals surface area contributed by atoms with E-state index in [0.717, 1.165) is 0 Å². The number of carbonyl (C=O) groups is 1. The highest BCUT2D eigenvalue weighted by atomic mass is 16.1. The van der Waals surface area contributed by atoms with Gasteiger partial charge in [0, 0.05) is 0 Å². The van der Waals surface area contributed by atoms with Crippen LogP contribution in [-0.2, 0) is 4.79 Å². The van der Waals surface area contributed by atoms with E-state index in [1.807, 2.05) is 0 Å². The Morgan fingerprint density at radius 1 is 0.929 bits per heavy atom. The number of nitrogens with two attached hydrogens (primary N) is 4. The minimum absolute atomic E-state index is 0.136. The van der Waals surface area contributed by atoms with Gasteiger partial charge in [0.25, 0.3) is 0 Å². The predicted octanol–water partition coefficient (Wildman–Crippen LogP) is -2.12. The van der Waals surface area contributed by atoms with Gasteiger partial charge in [-0.05, 0) is 13.8 Å². The molecule has 0 aromatic heterocycles. The van der Waals surface area contributed by atoms with Gasteiger partial charge in [0.15, 0.2) is 17.7 Å². The largest absolute Gasteiger partial charge is 0.370 e. The lowest BCUT2D eigenvalue weighted by atomic mass is 10.1. The molecule has 0 aliphatic rings. The molecule has 0 spiro atoms. The molecular formula is C7H16N6O. The lowest BCUT2D eigenvalue weighted by molar-refractivity contribution is -0.120. The molecule has 0 aliphatic heterocycles. The first kappa shape index (κ1) is 12.2. The van der Waals surface area contributed by atoms with E-state index in [2.05, 4.69) is 9.98 Å². The molecule has 14 heavy (non-hydrogen) atoms. The van der Waals surface area contributed by atoms with Gasteiger partial charge in [-0.1, -0.05) is 0 Å². The summed E-state index contributed by atoms with van der Waals surface area (Å²) in [5, 5.41) is 0. The van der Waals surface area contributed by atoms with E-state index >= 15 is 0 Å². The highest BCUT2D eigenvalue weighted by Crippen LogP contribution is 2.00. The highest BCUT2D eigenvalue weighted by molar-refractivity contribution is 5.92. The maximum Gasteiger partial charge on any atom is 0.186 e. The molecule has 0 aliphatic carbocycles. The molecular weight excluding hydrogens is 184 g/mol. The van der Waals surface area contributed by atoms with E-state index in [1.165, 1.54) is 0 Å². The van der Waals surface area contributed by atoms with Crippen molar-refractivity contribution in [3.05, 3.63) is 0 Å². The number of aliphatic imine (C=N–C) groups is 2. The lowest BCUT2D eigenvalue weighted by Gasteiger charge is -2.09. The van der Waals surface area contributed by atoms with Gasteiger partial charge in [0.2, 0.25) is 0 Å². The van der Waals surface area contributed by atoms with Crippen molar-refractivity contribution < 1.29 is 4.79 Å². The van der Waals surface area contributed by atoms with Crippen LogP contribution in [0.3, 0.4) is 0 Å². The summed E-state index contributed by atoms with van der Waals surface area (Å²) in [6.45, 7) is 3.14. The van der Waals surface area contributed by atoms with Crippen molar-refractivity contribution in [2.75, 3.05) is 0 Å². The number of carbonyl (C=O) groups excluding carboxylic acids is 1. The number of rotatable bonds is 4. The van der Waals surface area contributed by atoms with Gasteiger partial charge in [-0.3, -0.25) is 4.79 Å².